The van der Waals surface area contributed by atoms with E-state index in [4.69, 9.17) is 33.7 Å². The number of nitrogens with one attached hydrogen (secondary N) is 1. The van der Waals surface area contributed by atoms with Gasteiger partial charge in [-0.05, 0) is 36.2 Å². The van der Waals surface area contributed by atoms with Crippen LogP contribution >= 0.6 is 23.2 Å². The molecule has 206 valence electrons. The van der Waals surface area contributed by atoms with Gasteiger partial charge in [0.25, 0.3) is 5.56 Å². The summed E-state index contributed by atoms with van der Waals surface area (Å²) in [4.78, 5) is 27.8. The third kappa shape index (κ3) is 6.05. The maximum absolute atomic E-state index is 14.2. The Bertz CT molecular complexity index is 1600. The van der Waals surface area contributed by atoms with Crippen molar-refractivity contribution < 1.29 is 27.8 Å². The SMILES string of the molecule is CCCCCC(N)C(=O)Oc1cc(O)ccc1-c1cc(=O)[nH]c2c(-c3ccc(Cl)c(Cl)c3)c(C(F)(F)F)nn12. The number of fused-ring (bicyclic) bond motifs is 1. The maximum Gasteiger partial charge on any atom is 0.435 e. The van der Waals surface area contributed by atoms with Crippen molar-refractivity contribution in [2.24, 2.45) is 5.73 Å². The number of halogens is 5. The van der Waals surface area contributed by atoms with E-state index in [2.05, 4.69) is 10.1 Å². The van der Waals surface area contributed by atoms with E-state index in [1.165, 1.54) is 30.3 Å². The number of nitrogens with two attached hydrogens (primary N) is 1. The smallest absolute Gasteiger partial charge is 0.435 e. The number of hydrogen-bond acceptors (Lipinski definition) is 6. The number of benzene rings is 2. The summed E-state index contributed by atoms with van der Waals surface area (Å²) in [5, 5.41) is 14.0. The lowest BCUT2D eigenvalue weighted by molar-refractivity contribution is -0.140. The fourth-order valence-electron chi connectivity index (χ4n) is 4.08. The largest absolute Gasteiger partial charge is 0.508 e. The zero-order valence-electron chi connectivity index (χ0n) is 20.5. The molecule has 4 N–H and O–H groups in total. The summed E-state index contributed by atoms with van der Waals surface area (Å²) in [6.07, 6.45) is -2.08. The molecule has 0 radical (unpaired) electrons. The van der Waals surface area contributed by atoms with Crippen LogP contribution in [-0.2, 0) is 11.0 Å². The van der Waals surface area contributed by atoms with Gasteiger partial charge in [0.2, 0.25) is 0 Å². The Morgan fingerprint density at radius 1 is 1.15 bits per heavy atom. The molecule has 4 aromatic rings. The molecule has 2 aromatic carbocycles. The summed E-state index contributed by atoms with van der Waals surface area (Å²) in [6, 6.07) is 7.54. The first-order valence-corrected chi connectivity index (χ1v) is 12.7. The van der Waals surface area contributed by atoms with E-state index in [1.807, 2.05) is 6.92 Å². The van der Waals surface area contributed by atoms with E-state index in [9.17, 15) is 27.9 Å². The van der Waals surface area contributed by atoms with E-state index in [1.54, 1.807) is 0 Å². The molecule has 1 atom stereocenters. The molecule has 0 spiro atoms. The molecule has 0 aliphatic heterocycles. The summed E-state index contributed by atoms with van der Waals surface area (Å²) in [6.45, 7) is 2.00. The van der Waals surface area contributed by atoms with Crippen LogP contribution in [0.15, 0.2) is 47.3 Å². The molecule has 39 heavy (non-hydrogen) atoms. The van der Waals surface area contributed by atoms with Gasteiger partial charge < -0.3 is 20.6 Å². The number of alkyl halides is 3. The number of rotatable bonds is 8. The van der Waals surface area contributed by atoms with E-state index in [0.717, 1.165) is 29.5 Å². The van der Waals surface area contributed by atoms with Crippen molar-refractivity contribution in [2.75, 3.05) is 0 Å². The normalized spacial score (nSPS) is 12.6. The van der Waals surface area contributed by atoms with Crippen LogP contribution in [0.25, 0.3) is 28.0 Å². The van der Waals surface area contributed by atoms with Crippen LogP contribution in [0.1, 0.15) is 38.3 Å². The van der Waals surface area contributed by atoms with Crippen molar-refractivity contribution >= 4 is 34.8 Å². The number of carbonyl (C=O) groups is 1. The number of carbonyl (C=O) groups excluding carboxylic acids is 1. The molecule has 0 fully saturated rings. The van der Waals surface area contributed by atoms with E-state index < -0.39 is 35.0 Å². The van der Waals surface area contributed by atoms with Crippen molar-refractivity contribution in [3.8, 4) is 33.9 Å². The minimum absolute atomic E-state index is 0.00292. The van der Waals surface area contributed by atoms with E-state index in [0.29, 0.717) is 12.8 Å². The molecule has 0 saturated heterocycles. The molecule has 0 aliphatic rings. The lowest BCUT2D eigenvalue weighted by Crippen LogP contribution is -2.34. The van der Waals surface area contributed by atoms with Crippen LogP contribution < -0.4 is 16.0 Å². The zero-order chi connectivity index (χ0) is 28.5. The fraction of sp³-hybridized carbons (Fsp3) is 0.269. The first-order valence-electron chi connectivity index (χ1n) is 11.9. The quantitative estimate of drug-likeness (QED) is 0.129. The number of phenols is 1. The van der Waals surface area contributed by atoms with Gasteiger partial charge in [0, 0.05) is 17.7 Å². The molecule has 8 nitrogen and oxygen atoms in total. The first kappa shape index (κ1) is 28.5. The number of ether oxygens (including phenoxy) is 1. The van der Waals surface area contributed by atoms with E-state index in [-0.39, 0.29) is 44.0 Å². The molecule has 0 bridgehead atoms. The highest BCUT2D eigenvalue weighted by Gasteiger charge is 2.39. The third-order valence-corrected chi connectivity index (χ3v) is 6.71. The minimum Gasteiger partial charge on any atom is -0.508 e. The highest BCUT2D eigenvalue weighted by atomic mass is 35.5. The Balaban J connectivity index is 1.91. The summed E-state index contributed by atoms with van der Waals surface area (Å²) in [5.74, 6) is -1.29. The first-order chi connectivity index (χ1) is 18.4. The Morgan fingerprint density at radius 2 is 1.90 bits per heavy atom. The zero-order valence-corrected chi connectivity index (χ0v) is 22.0. The lowest BCUT2D eigenvalue weighted by atomic mass is 10.1. The van der Waals surface area contributed by atoms with Crippen LogP contribution in [0, 0.1) is 0 Å². The molecule has 4 rings (SSSR count). The second-order valence-electron chi connectivity index (χ2n) is 8.83. The molecule has 13 heteroatoms. The van der Waals surface area contributed by atoms with Crippen LogP contribution in [0.5, 0.6) is 11.5 Å². The van der Waals surface area contributed by atoms with Gasteiger partial charge in [0.05, 0.1) is 21.3 Å². The highest BCUT2D eigenvalue weighted by molar-refractivity contribution is 6.42. The van der Waals surface area contributed by atoms with Gasteiger partial charge >= 0.3 is 12.1 Å². The summed E-state index contributed by atoms with van der Waals surface area (Å²) >= 11 is 12.0. The number of nitrogens with zero attached hydrogens (tertiary/aromatic N) is 2. The van der Waals surface area contributed by atoms with Gasteiger partial charge in [0.15, 0.2) is 5.69 Å². The van der Waals surface area contributed by atoms with Crippen molar-refractivity contribution in [2.45, 2.75) is 44.8 Å². The molecule has 2 aromatic heterocycles. The van der Waals surface area contributed by atoms with Gasteiger partial charge in [-0.1, -0.05) is 55.5 Å². The molecule has 0 aliphatic carbocycles. The average Bonchev–Trinajstić information content (AvgIpc) is 3.25. The topological polar surface area (TPSA) is 123 Å². The Morgan fingerprint density at radius 3 is 2.56 bits per heavy atom. The minimum atomic E-state index is -4.92. The van der Waals surface area contributed by atoms with E-state index >= 15 is 0 Å². The van der Waals surface area contributed by atoms with Crippen LogP contribution in [0.4, 0.5) is 13.2 Å². The van der Waals surface area contributed by atoms with Crippen molar-refractivity contribution in [1.29, 1.82) is 0 Å². The van der Waals surface area contributed by atoms with Gasteiger partial charge in [0.1, 0.15) is 23.2 Å². The molecule has 2 heterocycles. The summed E-state index contributed by atoms with van der Waals surface area (Å²) < 4.78 is 48.8. The number of phenolic OH excluding ortho intramolecular Hbond substituents is 1. The second kappa shape index (κ2) is 11.3. The van der Waals surface area contributed by atoms with Crippen LogP contribution in [-0.4, -0.2) is 31.7 Å². The van der Waals surface area contributed by atoms with Gasteiger partial charge in [-0.15, -0.1) is 0 Å². The molecule has 0 saturated carbocycles. The molecule has 0 amide bonds. The number of aromatic amines is 1. The fourth-order valence-corrected chi connectivity index (χ4v) is 4.38. The number of aromatic nitrogens is 3. The average molecular weight is 583 g/mol. The predicted octanol–water partition coefficient (Wildman–Crippen LogP) is 6.20. The van der Waals surface area contributed by atoms with Gasteiger partial charge in [-0.2, -0.15) is 18.3 Å². The van der Waals surface area contributed by atoms with Crippen LogP contribution in [0.2, 0.25) is 10.0 Å². The van der Waals surface area contributed by atoms with Crippen molar-refractivity contribution in [3.05, 3.63) is 68.6 Å². The second-order valence-corrected chi connectivity index (χ2v) is 9.65. The lowest BCUT2D eigenvalue weighted by Gasteiger charge is -2.15. The van der Waals surface area contributed by atoms with Crippen molar-refractivity contribution in [1.82, 2.24) is 14.6 Å². The standard InChI is InChI=1S/C26H23Cl2F3N4O4/c1-2-3-4-5-18(32)25(38)39-20-11-14(36)7-8-15(20)19-12-21(37)33-24-22(13-6-9-16(27)17(28)10-13)23(26(29,30)31)34-35(19)24/h6-12,18,36H,2-5,32H2,1H3,(H,33,37). The molecular formula is C26H23Cl2F3N4O4. The third-order valence-electron chi connectivity index (χ3n) is 5.97. The number of unbranched alkanes of at least 4 members (excludes halogenated alkanes) is 2. The van der Waals surface area contributed by atoms with Gasteiger partial charge in [-0.25, -0.2) is 9.31 Å². The van der Waals surface area contributed by atoms with Crippen molar-refractivity contribution in [3.63, 3.8) is 0 Å². The monoisotopic (exact) mass is 582 g/mol. The Kier molecular flexibility index (Phi) is 8.24. The predicted molar refractivity (Wildman–Crippen MR) is 141 cm³/mol. The Labute approximate surface area is 230 Å². The van der Waals surface area contributed by atoms with Gasteiger partial charge in [-0.3, -0.25) is 4.79 Å². The molecule has 1 unspecified atom stereocenters. The molecular weight excluding hydrogens is 560 g/mol. The number of esters is 1. The maximum atomic E-state index is 14.2. The highest BCUT2D eigenvalue weighted by Crippen LogP contribution is 2.41. The number of H-pyrrole nitrogens is 1. The number of aromatic hydroxyl groups is 1. The van der Waals surface area contributed by atoms with Crippen LogP contribution in [0.3, 0.4) is 0 Å². The summed E-state index contributed by atoms with van der Waals surface area (Å²) in [7, 11) is 0. The Hall–Kier alpha value is -3.54. The summed E-state index contributed by atoms with van der Waals surface area (Å²) in [5.41, 5.74) is 3.08. The number of hydrogen-bond donors (Lipinski definition) is 3.